The van der Waals surface area contributed by atoms with Gasteiger partial charge in [-0.15, -0.1) is 11.3 Å². The van der Waals surface area contributed by atoms with Crippen LogP contribution in [0.25, 0.3) is 0 Å². The summed E-state index contributed by atoms with van der Waals surface area (Å²) in [6, 6.07) is 0. The van der Waals surface area contributed by atoms with Gasteiger partial charge >= 0.3 is 0 Å². The molecule has 1 saturated carbocycles. The van der Waals surface area contributed by atoms with Crippen LogP contribution in [-0.4, -0.2) is 18.6 Å². The molecule has 1 fully saturated rings. The van der Waals surface area contributed by atoms with Crippen LogP contribution >= 0.6 is 11.3 Å². The molecule has 1 aromatic heterocycles. The summed E-state index contributed by atoms with van der Waals surface area (Å²) in [5, 5.41) is 4.72. The number of ether oxygens (including phenoxy) is 1. The topological polar surface area (TPSA) is 34.1 Å². The molecule has 0 unspecified atom stereocenters. The van der Waals surface area contributed by atoms with Crippen LogP contribution in [0.5, 0.6) is 0 Å². The van der Waals surface area contributed by atoms with Crippen LogP contribution < -0.4 is 5.32 Å². The quantitative estimate of drug-likeness (QED) is 0.772. The van der Waals surface area contributed by atoms with Gasteiger partial charge in [-0.05, 0) is 32.2 Å². The first kappa shape index (κ1) is 15.9. The van der Waals surface area contributed by atoms with E-state index < -0.39 is 0 Å². The normalized spacial score (nSPS) is 18.4. The largest absolute Gasteiger partial charge is 0.371 e. The van der Waals surface area contributed by atoms with E-state index >= 15 is 0 Å². The molecule has 1 aliphatic carbocycles. The molecule has 1 N–H and O–H groups in total. The molecule has 3 nitrogen and oxygen atoms in total. The molecule has 20 heavy (non-hydrogen) atoms. The molecule has 0 bridgehead atoms. The number of hydrogen-bond acceptors (Lipinski definition) is 4. The van der Waals surface area contributed by atoms with Crippen LogP contribution in [0.2, 0.25) is 0 Å². The Labute approximate surface area is 127 Å². The van der Waals surface area contributed by atoms with Gasteiger partial charge in [0.05, 0.1) is 5.69 Å². The first-order chi connectivity index (χ1) is 9.75. The lowest BCUT2D eigenvalue weighted by Gasteiger charge is -2.34. The maximum Gasteiger partial charge on any atom is 0.125 e. The lowest BCUT2D eigenvalue weighted by molar-refractivity contribution is -0.0447. The van der Waals surface area contributed by atoms with Gasteiger partial charge in [0.1, 0.15) is 10.6 Å². The van der Waals surface area contributed by atoms with Gasteiger partial charge in [0, 0.05) is 18.5 Å². The van der Waals surface area contributed by atoms with E-state index in [1.165, 1.54) is 41.3 Å². The number of methoxy groups -OCH3 is 1. The fourth-order valence-electron chi connectivity index (χ4n) is 3.00. The van der Waals surface area contributed by atoms with Crippen molar-refractivity contribution in [2.24, 2.45) is 0 Å². The first-order valence-electron chi connectivity index (χ1n) is 8.00. The first-order valence-corrected chi connectivity index (χ1v) is 8.82. The Hall–Kier alpha value is -0.450. The van der Waals surface area contributed by atoms with Crippen LogP contribution in [0.15, 0.2) is 0 Å². The van der Waals surface area contributed by atoms with Crippen molar-refractivity contribution >= 4 is 11.3 Å². The Morgan fingerprint density at radius 1 is 1.25 bits per heavy atom. The average Bonchev–Trinajstić information content (AvgIpc) is 2.92. The molecule has 114 valence electrons. The summed E-state index contributed by atoms with van der Waals surface area (Å²) in [5.74, 6) is 0. The minimum absolute atomic E-state index is 0.101. The van der Waals surface area contributed by atoms with E-state index in [1.54, 1.807) is 0 Å². The second-order valence-electron chi connectivity index (χ2n) is 5.68. The summed E-state index contributed by atoms with van der Waals surface area (Å²) in [6.07, 6.45) is 8.30. The van der Waals surface area contributed by atoms with Crippen molar-refractivity contribution in [1.29, 1.82) is 0 Å². The van der Waals surface area contributed by atoms with E-state index in [1.807, 2.05) is 18.4 Å². The van der Waals surface area contributed by atoms with E-state index in [0.29, 0.717) is 0 Å². The smallest absolute Gasteiger partial charge is 0.125 e. The molecular formula is C16H28N2OS. The SMILES string of the molecule is CCCNCc1sc(C2(OC)CCCCC2)nc1CC. The van der Waals surface area contributed by atoms with Gasteiger partial charge < -0.3 is 10.1 Å². The third-order valence-corrected chi connectivity index (χ3v) is 5.55. The van der Waals surface area contributed by atoms with Crippen molar-refractivity contribution in [2.75, 3.05) is 13.7 Å². The highest BCUT2D eigenvalue weighted by Gasteiger charge is 2.37. The number of nitrogens with zero attached hydrogens (tertiary/aromatic N) is 1. The summed E-state index contributed by atoms with van der Waals surface area (Å²) in [6.45, 7) is 6.43. The van der Waals surface area contributed by atoms with Crippen molar-refractivity contribution in [1.82, 2.24) is 10.3 Å². The fourth-order valence-corrected chi connectivity index (χ4v) is 4.34. The summed E-state index contributed by atoms with van der Waals surface area (Å²) in [4.78, 5) is 6.33. The van der Waals surface area contributed by atoms with Crippen LogP contribution in [0.3, 0.4) is 0 Å². The average molecular weight is 296 g/mol. The molecule has 2 rings (SSSR count). The highest BCUT2D eigenvalue weighted by Crippen LogP contribution is 2.42. The number of hydrogen-bond donors (Lipinski definition) is 1. The van der Waals surface area contributed by atoms with Crippen molar-refractivity contribution in [3.8, 4) is 0 Å². The van der Waals surface area contributed by atoms with Crippen molar-refractivity contribution < 1.29 is 4.74 Å². The lowest BCUT2D eigenvalue weighted by Crippen LogP contribution is -2.30. The van der Waals surface area contributed by atoms with Crippen LogP contribution in [0.4, 0.5) is 0 Å². The second-order valence-corrected chi connectivity index (χ2v) is 6.76. The van der Waals surface area contributed by atoms with Gasteiger partial charge in [-0.2, -0.15) is 0 Å². The number of thiazole rings is 1. The predicted molar refractivity (Wildman–Crippen MR) is 85.3 cm³/mol. The van der Waals surface area contributed by atoms with Gasteiger partial charge in [0.15, 0.2) is 0 Å². The van der Waals surface area contributed by atoms with E-state index in [0.717, 1.165) is 32.4 Å². The van der Waals surface area contributed by atoms with E-state index in [9.17, 15) is 0 Å². The van der Waals surface area contributed by atoms with E-state index in [4.69, 9.17) is 9.72 Å². The Balaban J connectivity index is 2.18. The summed E-state index contributed by atoms with van der Waals surface area (Å²) < 4.78 is 5.93. The van der Waals surface area contributed by atoms with Gasteiger partial charge in [-0.1, -0.05) is 33.1 Å². The number of nitrogens with one attached hydrogen (secondary N) is 1. The second kappa shape index (κ2) is 7.53. The summed E-state index contributed by atoms with van der Waals surface area (Å²) in [5.41, 5.74) is 1.16. The molecule has 1 aliphatic rings. The molecule has 1 aromatic rings. The Morgan fingerprint density at radius 3 is 2.60 bits per heavy atom. The molecule has 0 amide bonds. The van der Waals surface area contributed by atoms with E-state index in [2.05, 4.69) is 19.2 Å². The maximum absolute atomic E-state index is 5.93. The zero-order chi connectivity index (χ0) is 14.4. The maximum atomic E-state index is 5.93. The van der Waals surface area contributed by atoms with E-state index in [-0.39, 0.29) is 5.60 Å². The monoisotopic (exact) mass is 296 g/mol. The highest BCUT2D eigenvalue weighted by atomic mass is 32.1. The highest BCUT2D eigenvalue weighted by molar-refractivity contribution is 7.11. The minimum atomic E-state index is -0.101. The Morgan fingerprint density at radius 2 is 2.00 bits per heavy atom. The van der Waals surface area contributed by atoms with Gasteiger partial charge in [0.25, 0.3) is 0 Å². The van der Waals surface area contributed by atoms with Crippen LogP contribution in [-0.2, 0) is 23.3 Å². The van der Waals surface area contributed by atoms with Crippen molar-refractivity contribution in [2.45, 2.75) is 70.9 Å². The van der Waals surface area contributed by atoms with Gasteiger partial charge in [-0.25, -0.2) is 4.98 Å². The number of rotatable bonds is 7. The zero-order valence-electron chi connectivity index (χ0n) is 13.1. The third kappa shape index (κ3) is 3.41. The van der Waals surface area contributed by atoms with Gasteiger partial charge in [0.2, 0.25) is 0 Å². The molecule has 1 heterocycles. The summed E-state index contributed by atoms with van der Waals surface area (Å²) >= 11 is 1.87. The Bertz CT molecular complexity index is 411. The summed E-state index contributed by atoms with van der Waals surface area (Å²) in [7, 11) is 1.85. The number of aryl methyl sites for hydroxylation is 1. The van der Waals surface area contributed by atoms with Crippen LogP contribution in [0.1, 0.15) is 68.0 Å². The fraction of sp³-hybridized carbons (Fsp3) is 0.812. The zero-order valence-corrected chi connectivity index (χ0v) is 13.9. The minimum Gasteiger partial charge on any atom is -0.371 e. The predicted octanol–water partition coefficient (Wildman–Crippen LogP) is 4.01. The molecule has 0 aromatic carbocycles. The van der Waals surface area contributed by atoms with Crippen LogP contribution in [0, 0.1) is 0 Å². The number of aromatic nitrogens is 1. The van der Waals surface area contributed by atoms with Gasteiger partial charge in [-0.3, -0.25) is 0 Å². The molecule has 0 aliphatic heterocycles. The Kier molecular flexibility index (Phi) is 6.00. The molecule has 0 atom stereocenters. The molecule has 0 spiro atoms. The molecular weight excluding hydrogens is 268 g/mol. The molecule has 0 radical (unpaired) electrons. The van der Waals surface area contributed by atoms with Crippen molar-refractivity contribution in [3.05, 3.63) is 15.6 Å². The molecule has 0 saturated heterocycles. The molecule has 4 heteroatoms. The van der Waals surface area contributed by atoms with Crippen molar-refractivity contribution in [3.63, 3.8) is 0 Å². The standard InChI is InChI=1S/C16H28N2OS/c1-4-11-17-12-14-13(5-2)18-15(20-14)16(19-3)9-7-6-8-10-16/h17H,4-12H2,1-3H3. The lowest BCUT2D eigenvalue weighted by atomic mass is 9.85. The third-order valence-electron chi connectivity index (χ3n) is 4.27.